The van der Waals surface area contributed by atoms with E-state index in [1.807, 2.05) is 12.1 Å². The van der Waals surface area contributed by atoms with Gasteiger partial charge in [0.1, 0.15) is 5.82 Å². The van der Waals surface area contributed by atoms with Crippen LogP contribution in [0.2, 0.25) is 0 Å². The van der Waals surface area contributed by atoms with Gasteiger partial charge in [0.05, 0.1) is 16.3 Å². The van der Waals surface area contributed by atoms with Crippen molar-refractivity contribution in [2.24, 2.45) is 4.99 Å². The van der Waals surface area contributed by atoms with E-state index in [4.69, 9.17) is 10.7 Å². The zero-order valence-electron chi connectivity index (χ0n) is 16.2. The number of aromatic nitrogens is 1. The topological polar surface area (TPSA) is 63.3 Å². The van der Waals surface area contributed by atoms with E-state index in [1.54, 1.807) is 12.1 Å². The molecule has 1 aliphatic rings. The van der Waals surface area contributed by atoms with E-state index >= 15 is 0 Å². The van der Waals surface area contributed by atoms with Crippen LogP contribution in [0.1, 0.15) is 28.0 Å². The maximum atomic E-state index is 13.3. The molecule has 7 heteroatoms. The van der Waals surface area contributed by atoms with Crippen LogP contribution in [0.15, 0.2) is 58.4 Å². The molecule has 1 aliphatic heterocycles. The van der Waals surface area contributed by atoms with Gasteiger partial charge < -0.3 is 11.1 Å². The number of nitrogens with one attached hydrogen (secondary N) is 1. The molecule has 1 aromatic heterocycles. The highest BCUT2D eigenvalue weighted by Crippen LogP contribution is 2.34. The minimum absolute atomic E-state index is 0.464. The van der Waals surface area contributed by atoms with E-state index in [9.17, 15) is 3.89 Å². The third-order valence-electron chi connectivity index (χ3n) is 4.68. The first kappa shape index (κ1) is 19.5. The monoisotopic (exact) mass is 424 g/mol. The van der Waals surface area contributed by atoms with E-state index in [1.165, 1.54) is 22.5 Å². The summed E-state index contributed by atoms with van der Waals surface area (Å²) in [6, 6.07) is 13.4. The Morgan fingerprint density at radius 2 is 1.93 bits per heavy atom. The molecule has 148 valence electrons. The second-order valence-corrected chi connectivity index (χ2v) is 9.02. The van der Waals surface area contributed by atoms with Crippen molar-refractivity contribution in [2.45, 2.75) is 25.2 Å². The van der Waals surface area contributed by atoms with Crippen molar-refractivity contribution >= 4 is 56.1 Å². The largest absolute Gasteiger partial charge is 0.382 e. The first-order valence-electron chi connectivity index (χ1n) is 9.10. The summed E-state index contributed by atoms with van der Waals surface area (Å²) in [7, 11) is -1.49. The van der Waals surface area contributed by atoms with Crippen LogP contribution in [0.4, 0.5) is 20.5 Å². The van der Waals surface area contributed by atoms with E-state index in [0.29, 0.717) is 15.8 Å². The number of nitrogens with two attached hydrogens (primary N) is 1. The highest BCUT2D eigenvalue weighted by Gasteiger charge is 2.19. The molecule has 4 rings (SSSR count). The van der Waals surface area contributed by atoms with Crippen molar-refractivity contribution < 1.29 is 3.89 Å². The van der Waals surface area contributed by atoms with Crippen LogP contribution in [0.25, 0.3) is 5.70 Å². The van der Waals surface area contributed by atoms with Gasteiger partial charge in [0.25, 0.3) is 0 Å². The number of thiazole rings is 1. The molecule has 0 aliphatic carbocycles. The molecule has 4 nitrogen and oxygen atoms in total. The molecule has 0 fully saturated rings. The van der Waals surface area contributed by atoms with Gasteiger partial charge in [0, 0.05) is 33.4 Å². The van der Waals surface area contributed by atoms with Gasteiger partial charge in [-0.2, -0.15) is 3.89 Å². The maximum Gasteiger partial charge on any atom is 0.189 e. The number of hydrogen-bond donors (Lipinski definition) is 2. The molecule has 29 heavy (non-hydrogen) atoms. The normalized spacial score (nSPS) is 14.4. The molecule has 3 N–H and O–H groups in total. The summed E-state index contributed by atoms with van der Waals surface area (Å²) in [4.78, 5) is 10.7. The minimum Gasteiger partial charge on any atom is -0.382 e. The van der Waals surface area contributed by atoms with Crippen LogP contribution in [0, 0.1) is 13.8 Å². The van der Waals surface area contributed by atoms with Crippen molar-refractivity contribution in [1.82, 2.24) is 4.98 Å². The average Bonchev–Trinajstić information content (AvgIpc) is 3.29. The maximum absolute atomic E-state index is 13.3. The SMILES string of the molecule is C=S(F)c1ccc(Nc2nc(N)c(C3=NC(c4ccc(C)cc4C)=CC3)s2)cc1. The Balaban J connectivity index is 1.54. The van der Waals surface area contributed by atoms with Crippen molar-refractivity contribution in [1.29, 1.82) is 0 Å². The van der Waals surface area contributed by atoms with Gasteiger partial charge in [-0.3, -0.25) is 4.99 Å². The van der Waals surface area contributed by atoms with Crippen molar-refractivity contribution in [3.05, 3.63) is 70.1 Å². The first-order chi connectivity index (χ1) is 13.9. The lowest BCUT2D eigenvalue weighted by Gasteiger charge is -2.05. The lowest BCUT2D eigenvalue weighted by atomic mass is 10.0. The lowest BCUT2D eigenvalue weighted by Crippen LogP contribution is -1.98. The Hall–Kier alpha value is -2.77. The van der Waals surface area contributed by atoms with E-state index in [-0.39, 0.29) is 0 Å². The van der Waals surface area contributed by atoms with Gasteiger partial charge in [-0.25, -0.2) is 4.98 Å². The van der Waals surface area contributed by atoms with E-state index < -0.39 is 10.9 Å². The summed E-state index contributed by atoms with van der Waals surface area (Å²) in [5.74, 6) is 3.88. The molecule has 0 spiro atoms. The highest BCUT2D eigenvalue weighted by atomic mass is 32.2. The van der Waals surface area contributed by atoms with Crippen molar-refractivity contribution in [3.8, 4) is 0 Å². The lowest BCUT2D eigenvalue weighted by molar-refractivity contribution is 0.931. The highest BCUT2D eigenvalue weighted by molar-refractivity contribution is 8.09. The number of hydrogen-bond acceptors (Lipinski definition) is 5. The number of nitrogen functional groups attached to an aromatic ring is 1. The predicted molar refractivity (Wildman–Crippen MR) is 125 cm³/mol. The molecular weight excluding hydrogens is 403 g/mol. The Bertz CT molecular complexity index is 1160. The fraction of sp³-hybridized carbons (Fsp3) is 0.136. The van der Waals surface area contributed by atoms with Gasteiger partial charge in [0.15, 0.2) is 5.13 Å². The smallest absolute Gasteiger partial charge is 0.189 e. The zero-order valence-corrected chi connectivity index (χ0v) is 17.8. The molecule has 1 atom stereocenters. The standard InChI is InChI=1S/C22H21FN4S2/c1-13-4-9-17(14(2)12-13)18-10-11-19(26-18)20-21(24)27-22(28-20)25-15-5-7-16(8-6-15)29(3)23/h4-10,12H,3,11,24H2,1-2H3,(H,25,27). The first-order valence-corrected chi connectivity index (χ1v) is 11.2. The third kappa shape index (κ3) is 4.16. The van der Waals surface area contributed by atoms with Gasteiger partial charge in [-0.05, 0) is 49.5 Å². The number of allylic oxidation sites excluding steroid dienone is 1. The Labute approximate surface area is 176 Å². The quantitative estimate of drug-likeness (QED) is 0.475. The van der Waals surface area contributed by atoms with E-state index in [2.05, 4.69) is 54.3 Å². The fourth-order valence-electron chi connectivity index (χ4n) is 3.25. The molecule has 2 aromatic carbocycles. The summed E-state index contributed by atoms with van der Waals surface area (Å²) in [6.07, 6.45) is 2.86. The number of aryl methyl sites for hydroxylation is 2. The number of benzene rings is 2. The van der Waals surface area contributed by atoms with Crippen LogP contribution in [0.5, 0.6) is 0 Å². The van der Waals surface area contributed by atoms with Crippen LogP contribution in [-0.4, -0.2) is 16.6 Å². The van der Waals surface area contributed by atoms with Crippen LogP contribution in [0.3, 0.4) is 0 Å². The number of halogens is 1. The van der Waals surface area contributed by atoms with Gasteiger partial charge in [0.2, 0.25) is 0 Å². The fourth-order valence-corrected chi connectivity index (χ4v) is 4.58. The molecule has 2 heterocycles. The molecular formula is C22H21FN4S2. The van der Waals surface area contributed by atoms with Crippen molar-refractivity contribution in [3.63, 3.8) is 0 Å². The van der Waals surface area contributed by atoms with E-state index in [0.717, 1.165) is 34.0 Å². The average molecular weight is 425 g/mol. The number of aliphatic imine (C=N–C) groups is 1. The van der Waals surface area contributed by atoms with Gasteiger partial charge in [-0.15, -0.1) is 0 Å². The molecule has 0 radical (unpaired) electrons. The number of rotatable bonds is 5. The molecule has 0 amide bonds. The van der Waals surface area contributed by atoms with Crippen LogP contribution < -0.4 is 11.1 Å². The number of anilines is 3. The molecule has 0 bridgehead atoms. The Morgan fingerprint density at radius 1 is 1.17 bits per heavy atom. The summed E-state index contributed by atoms with van der Waals surface area (Å²) >= 11 is 1.47. The molecule has 0 saturated heterocycles. The summed E-state index contributed by atoms with van der Waals surface area (Å²) in [5, 5.41) is 3.91. The summed E-state index contributed by atoms with van der Waals surface area (Å²) in [5.41, 5.74) is 12.5. The second kappa shape index (κ2) is 7.93. The predicted octanol–water partition coefficient (Wildman–Crippen LogP) is 6.26. The number of nitrogens with zero attached hydrogens (tertiary/aromatic N) is 2. The summed E-state index contributed by atoms with van der Waals surface area (Å²) in [6.45, 7) is 4.19. The Kier molecular flexibility index (Phi) is 5.34. The minimum atomic E-state index is -1.49. The molecule has 0 saturated carbocycles. The second-order valence-electron chi connectivity index (χ2n) is 6.88. The van der Waals surface area contributed by atoms with Crippen LogP contribution >= 0.6 is 22.2 Å². The van der Waals surface area contributed by atoms with Gasteiger partial charge >= 0.3 is 0 Å². The molecule has 3 aromatic rings. The van der Waals surface area contributed by atoms with Gasteiger partial charge in [-0.1, -0.05) is 41.2 Å². The summed E-state index contributed by atoms with van der Waals surface area (Å²) < 4.78 is 13.3. The third-order valence-corrected chi connectivity index (χ3v) is 6.50. The zero-order chi connectivity index (χ0) is 20.5. The van der Waals surface area contributed by atoms with Crippen LogP contribution in [-0.2, 0) is 0 Å². The molecule has 1 unspecified atom stereocenters. The van der Waals surface area contributed by atoms with Crippen molar-refractivity contribution in [2.75, 3.05) is 11.1 Å². The Morgan fingerprint density at radius 3 is 2.62 bits per heavy atom.